The maximum absolute atomic E-state index is 12.9. The van der Waals surface area contributed by atoms with Crippen LogP contribution in [0.15, 0.2) is 24.4 Å². The molecule has 11 nitrogen and oxygen atoms in total. The SMILES string of the molecule is CCn1c(CNC(=O)c2nc(CI)cnc2N)[n+](CC)c2cc(C(=O)NCCOC[PH](C)=O)ccc21. The predicted molar refractivity (Wildman–Crippen MR) is 147 cm³/mol. The van der Waals surface area contributed by atoms with E-state index in [-0.39, 0.29) is 30.3 Å². The minimum absolute atomic E-state index is 0.0885. The van der Waals surface area contributed by atoms with E-state index < -0.39 is 13.7 Å². The molecule has 0 saturated carbocycles. The van der Waals surface area contributed by atoms with Crippen molar-refractivity contribution in [3.63, 3.8) is 0 Å². The second-order valence-electron chi connectivity index (χ2n) is 8.03. The number of aryl methyl sites for hydroxylation is 2. The number of aromatic nitrogens is 4. The molecule has 0 saturated heterocycles. The Morgan fingerprint density at radius 1 is 1.25 bits per heavy atom. The number of benzene rings is 1. The number of rotatable bonds is 12. The highest BCUT2D eigenvalue weighted by atomic mass is 127. The third-order valence-electron chi connectivity index (χ3n) is 5.52. The number of nitrogens with one attached hydrogen (secondary N) is 2. The van der Waals surface area contributed by atoms with Gasteiger partial charge >= 0.3 is 0 Å². The maximum Gasteiger partial charge on any atom is 0.277 e. The molecule has 4 N–H and O–H groups in total. The van der Waals surface area contributed by atoms with Gasteiger partial charge in [0.25, 0.3) is 17.6 Å². The van der Waals surface area contributed by atoms with Crippen LogP contribution < -0.4 is 20.9 Å². The smallest absolute Gasteiger partial charge is 0.277 e. The lowest BCUT2D eigenvalue weighted by molar-refractivity contribution is -0.676. The second-order valence-corrected chi connectivity index (χ2v) is 10.5. The first-order valence-electron chi connectivity index (χ1n) is 11.7. The summed E-state index contributed by atoms with van der Waals surface area (Å²) in [6.45, 7) is 7.91. The number of anilines is 1. The van der Waals surface area contributed by atoms with Crippen LogP contribution in [0.5, 0.6) is 0 Å². The topological polar surface area (TPSA) is 145 Å². The zero-order valence-electron chi connectivity index (χ0n) is 20.6. The summed E-state index contributed by atoms with van der Waals surface area (Å²) in [6, 6.07) is 5.55. The van der Waals surface area contributed by atoms with Gasteiger partial charge in [-0.05, 0) is 32.6 Å². The Kier molecular flexibility index (Phi) is 10.2. The van der Waals surface area contributed by atoms with Crippen LogP contribution >= 0.6 is 30.4 Å². The average molecular weight is 628 g/mol. The van der Waals surface area contributed by atoms with E-state index in [0.29, 0.717) is 41.9 Å². The van der Waals surface area contributed by atoms with Crippen molar-refractivity contribution in [2.24, 2.45) is 0 Å². The van der Waals surface area contributed by atoms with Crippen LogP contribution in [0, 0.1) is 0 Å². The van der Waals surface area contributed by atoms with Gasteiger partial charge in [-0.1, -0.05) is 22.6 Å². The minimum atomic E-state index is -1.68. The van der Waals surface area contributed by atoms with Gasteiger partial charge in [0.1, 0.15) is 6.54 Å². The highest BCUT2D eigenvalue weighted by molar-refractivity contribution is 14.1. The van der Waals surface area contributed by atoms with Gasteiger partial charge in [0, 0.05) is 22.6 Å². The largest absolute Gasteiger partial charge is 0.382 e. The molecular weight excluding hydrogens is 596 g/mol. The number of carbonyl (C=O) groups excluding carboxylic acids is 2. The number of nitrogens with two attached hydrogens (primary N) is 1. The van der Waals surface area contributed by atoms with Crippen molar-refractivity contribution in [1.82, 2.24) is 25.2 Å². The van der Waals surface area contributed by atoms with Gasteiger partial charge in [0.15, 0.2) is 22.5 Å². The van der Waals surface area contributed by atoms with Crippen molar-refractivity contribution >= 4 is 59.1 Å². The Morgan fingerprint density at radius 2 is 2.03 bits per heavy atom. The molecule has 0 aliphatic heterocycles. The molecule has 194 valence electrons. The van der Waals surface area contributed by atoms with Crippen molar-refractivity contribution < 1.29 is 23.5 Å². The molecule has 0 spiro atoms. The summed E-state index contributed by atoms with van der Waals surface area (Å²) in [5.74, 6) is 0.375. The van der Waals surface area contributed by atoms with Gasteiger partial charge in [-0.15, -0.1) is 0 Å². The van der Waals surface area contributed by atoms with E-state index >= 15 is 0 Å². The number of hydrogen-bond donors (Lipinski definition) is 3. The normalized spacial score (nSPS) is 12.0. The highest BCUT2D eigenvalue weighted by Gasteiger charge is 2.25. The number of imidazole rings is 1. The standard InChI is InChI=1S/C23H31IN7O4P/c1-4-30-17-7-6-15(22(32)26-8-9-35-14-36(3)34)10-18(17)31(5-2)19(30)13-28-23(33)20-21(25)27-12-16(11-24)29-20/h6-7,10,12,36H,4-5,8-9,11,13-14H2,1-3H3,(H3-,25,26,27,28,32,33)/p+1. The average Bonchev–Trinajstić information content (AvgIpc) is 3.18. The van der Waals surface area contributed by atoms with Crippen molar-refractivity contribution in [3.8, 4) is 0 Å². The molecule has 2 heterocycles. The second kappa shape index (κ2) is 13.1. The van der Waals surface area contributed by atoms with Crippen molar-refractivity contribution in [2.45, 2.75) is 37.9 Å². The van der Waals surface area contributed by atoms with Gasteiger partial charge in [0.05, 0.1) is 45.7 Å². The van der Waals surface area contributed by atoms with Crippen LogP contribution in [0.3, 0.4) is 0 Å². The Morgan fingerprint density at radius 3 is 2.69 bits per heavy atom. The lowest BCUT2D eigenvalue weighted by Gasteiger charge is -2.07. The molecule has 13 heteroatoms. The molecule has 0 aliphatic carbocycles. The van der Waals surface area contributed by atoms with E-state index in [1.165, 1.54) is 0 Å². The summed E-state index contributed by atoms with van der Waals surface area (Å²) >= 11 is 2.16. The van der Waals surface area contributed by atoms with Gasteiger partial charge in [0.2, 0.25) is 0 Å². The first-order chi connectivity index (χ1) is 17.3. The number of alkyl halides is 1. The van der Waals surface area contributed by atoms with Crippen LogP contribution in [-0.4, -0.2) is 52.5 Å². The molecule has 2 amide bonds. The van der Waals surface area contributed by atoms with E-state index in [0.717, 1.165) is 16.9 Å². The summed E-state index contributed by atoms with van der Waals surface area (Å²) in [4.78, 5) is 33.9. The fourth-order valence-electron chi connectivity index (χ4n) is 3.89. The molecule has 3 rings (SSSR count). The molecule has 0 radical (unpaired) electrons. The molecule has 0 aliphatic rings. The third-order valence-corrected chi connectivity index (χ3v) is 6.91. The van der Waals surface area contributed by atoms with Crippen molar-refractivity contribution in [1.29, 1.82) is 0 Å². The molecule has 0 fully saturated rings. The molecule has 0 bridgehead atoms. The van der Waals surface area contributed by atoms with Crippen LogP contribution in [0.2, 0.25) is 0 Å². The Labute approximate surface area is 224 Å². The number of nitrogen functional groups attached to an aromatic ring is 1. The van der Waals surface area contributed by atoms with E-state index in [1.807, 2.05) is 26.0 Å². The number of nitrogens with zero attached hydrogens (tertiary/aromatic N) is 4. The third kappa shape index (κ3) is 6.60. The van der Waals surface area contributed by atoms with Crippen molar-refractivity contribution in [3.05, 3.63) is 47.2 Å². The fraction of sp³-hybridized carbons (Fsp3) is 0.435. The van der Waals surface area contributed by atoms with E-state index in [1.54, 1.807) is 18.9 Å². The highest BCUT2D eigenvalue weighted by Crippen LogP contribution is 2.18. The molecule has 1 unspecified atom stereocenters. The number of carbonyl (C=O) groups is 2. The van der Waals surface area contributed by atoms with Crippen LogP contribution in [-0.2, 0) is 33.4 Å². The summed E-state index contributed by atoms with van der Waals surface area (Å²) in [6.07, 6.45) is 1.78. The number of hydrogen-bond acceptors (Lipinski definition) is 7. The summed E-state index contributed by atoms with van der Waals surface area (Å²) in [5.41, 5.74) is 9.06. The Balaban J connectivity index is 1.81. The molecule has 1 aromatic carbocycles. The van der Waals surface area contributed by atoms with Gasteiger partial charge in [-0.3, -0.25) is 9.59 Å². The van der Waals surface area contributed by atoms with E-state index in [9.17, 15) is 14.2 Å². The van der Waals surface area contributed by atoms with E-state index in [4.69, 9.17) is 10.5 Å². The zero-order valence-corrected chi connectivity index (χ0v) is 23.8. The first kappa shape index (κ1) is 28.0. The Bertz CT molecular complexity index is 1280. The monoisotopic (exact) mass is 628 g/mol. The summed E-state index contributed by atoms with van der Waals surface area (Å²) in [5, 5.41) is 5.75. The van der Waals surface area contributed by atoms with Gasteiger partial charge in [-0.25, -0.2) is 19.1 Å². The number of ether oxygens (including phenoxy) is 1. The minimum Gasteiger partial charge on any atom is -0.382 e. The number of halogens is 1. The van der Waals surface area contributed by atoms with Crippen molar-refractivity contribution in [2.75, 3.05) is 31.9 Å². The maximum atomic E-state index is 12.9. The lowest BCUT2D eigenvalue weighted by atomic mass is 10.2. The van der Waals surface area contributed by atoms with Crippen LogP contribution in [0.1, 0.15) is 46.2 Å². The molecule has 1 atom stereocenters. The Hall–Kier alpha value is -2.57. The number of amides is 2. The summed E-state index contributed by atoms with van der Waals surface area (Å²) in [7, 11) is -1.68. The van der Waals surface area contributed by atoms with Crippen LogP contribution in [0.4, 0.5) is 5.82 Å². The molecule has 36 heavy (non-hydrogen) atoms. The number of fused-ring (bicyclic) bond motifs is 1. The van der Waals surface area contributed by atoms with Gasteiger partial charge < -0.3 is 25.7 Å². The predicted octanol–water partition coefficient (Wildman–Crippen LogP) is 2.10. The van der Waals surface area contributed by atoms with E-state index in [2.05, 4.69) is 52.3 Å². The molecule has 2 aromatic heterocycles. The zero-order chi connectivity index (χ0) is 26.2. The fourth-order valence-corrected chi connectivity index (χ4v) is 4.69. The quantitative estimate of drug-likeness (QED) is 0.0916. The molecule has 3 aromatic rings. The molecular formula is C23H32IN7O4P+. The first-order valence-corrected chi connectivity index (χ1v) is 15.3. The summed E-state index contributed by atoms with van der Waals surface area (Å²) < 4.78 is 21.2. The van der Waals surface area contributed by atoms with Gasteiger partial charge in [-0.2, -0.15) is 0 Å². The van der Waals surface area contributed by atoms with Crippen LogP contribution in [0.25, 0.3) is 11.0 Å². The lowest BCUT2D eigenvalue weighted by Crippen LogP contribution is -2.40.